The molecule has 1 amide bonds. The molecule has 130 valence electrons. The normalized spacial score (nSPS) is 15.1. The van der Waals surface area contributed by atoms with E-state index in [4.69, 9.17) is 4.42 Å². The summed E-state index contributed by atoms with van der Waals surface area (Å²) in [6.07, 6.45) is 5.19. The van der Waals surface area contributed by atoms with Crippen molar-refractivity contribution in [3.8, 4) is 0 Å². The van der Waals surface area contributed by atoms with E-state index >= 15 is 0 Å². The summed E-state index contributed by atoms with van der Waals surface area (Å²) >= 11 is 0. The van der Waals surface area contributed by atoms with Crippen LogP contribution < -0.4 is 0 Å². The number of carbonyl (C=O) groups excluding carboxylic acids is 1. The lowest BCUT2D eigenvalue weighted by Gasteiger charge is -2.16. The predicted molar refractivity (Wildman–Crippen MR) is 89.3 cm³/mol. The summed E-state index contributed by atoms with van der Waals surface area (Å²) < 4.78 is 7.73. The minimum atomic E-state index is -0.131. The fraction of sp³-hybridized carbons (Fsp3) is 0.588. The Bertz CT molecular complexity index is 672. The van der Waals surface area contributed by atoms with Gasteiger partial charge in [0.15, 0.2) is 11.6 Å². The van der Waals surface area contributed by atoms with Crippen LogP contribution in [0.25, 0.3) is 0 Å². The van der Waals surface area contributed by atoms with Gasteiger partial charge in [-0.05, 0) is 44.5 Å². The van der Waals surface area contributed by atoms with Crippen LogP contribution >= 0.6 is 0 Å². The molecule has 1 saturated heterocycles. The predicted octanol–water partition coefficient (Wildman–Crippen LogP) is 2.15. The topological polar surface area (TPSA) is 67.4 Å². The van der Waals surface area contributed by atoms with Gasteiger partial charge in [-0.1, -0.05) is 6.92 Å². The van der Waals surface area contributed by atoms with Crippen LogP contribution in [0.15, 0.2) is 22.9 Å². The lowest BCUT2D eigenvalue weighted by molar-refractivity contribution is 0.0744. The number of hydrogen-bond donors (Lipinski definition) is 0. The molecular weight excluding hydrogens is 306 g/mol. The number of amides is 1. The zero-order valence-corrected chi connectivity index (χ0v) is 14.4. The first kappa shape index (κ1) is 16.7. The second-order valence-corrected chi connectivity index (χ2v) is 6.35. The Balaban J connectivity index is 1.60. The molecule has 0 radical (unpaired) electrons. The number of nitrogens with zero attached hydrogens (tertiary/aromatic N) is 5. The maximum absolute atomic E-state index is 12.6. The van der Waals surface area contributed by atoms with Gasteiger partial charge >= 0.3 is 0 Å². The molecule has 0 unspecified atom stereocenters. The van der Waals surface area contributed by atoms with E-state index in [1.165, 1.54) is 12.8 Å². The zero-order valence-electron chi connectivity index (χ0n) is 14.4. The number of aryl methyl sites for hydroxylation is 1. The molecule has 0 spiro atoms. The number of carbonyl (C=O) groups is 1. The van der Waals surface area contributed by atoms with Crippen LogP contribution in [-0.4, -0.2) is 50.6 Å². The van der Waals surface area contributed by atoms with Crippen molar-refractivity contribution in [1.82, 2.24) is 24.6 Å². The van der Waals surface area contributed by atoms with Gasteiger partial charge in [-0.15, -0.1) is 10.2 Å². The zero-order chi connectivity index (χ0) is 16.9. The lowest BCUT2D eigenvalue weighted by Crippen LogP contribution is -2.27. The summed E-state index contributed by atoms with van der Waals surface area (Å²) in [6.45, 7) is 6.37. The molecule has 3 heterocycles. The molecule has 0 bridgehead atoms. The van der Waals surface area contributed by atoms with Crippen LogP contribution in [0.2, 0.25) is 0 Å². The third-order valence-electron chi connectivity index (χ3n) is 4.34. The van der Waals surface area contributed by atoms with E-state index in [1.807, 2.05) is 10.6 Å². The van der Waals surface area contributed by atoms with Gasteiger partial charge in [0.2, 0.25) is 0 Å². The molecule has 2 aromatic rings. The van der Waals surface area contributed by atoms with E-state index in [0.717, 1.165) is 44.2 Å². The van der Waals surface area contributed by atoms with Gasteiger partial charge in [-0.2, -0.15) is 0 Å². The van der Waals surface area contributed by atoms with Gasteiger partial charge in [0, 0.05) is 13.6 Å². The van der Waals surface area contributed by atoms with Crippen molar-refractivity contribution in [2.24, 2.45) is 0 Å². The number of furan rings is 1. The fourth-order valence-electron chi connectivity index (χ4n) is 3.04. The van der Waals surface area contributed by atoms with Crippen LogP contribution in [-0.2, 0) is 19.6 Å². The van der Waals surface area contributed by atoms with E-state index in [2.05, 4.69) is 22.0 Å². The maximum Gasteiger partial charge on any atom is 0.289 e. The van der Waals surface area contributed by atoms with Gasteiger partial charge in [-0.25, -0.2) is 0 Å². The van der Waals surface area contributed by atoms with E-state index < -0.39 is 0 Å². The minimum absolute atomic E-state index is 0.131. The van der Waals surface area contributed by atoms with Crippen molar-refractivity contribution in [1.29, 1.82) is 0 Å². The molecule has 1 aliphatic heterocycles. The molecular formula is C17H25N5O2. The van der Waals surface area contributed by atoms with Crippen molar-refractivity contribution in [3.63, 3.8) is 0 Å². The minimum Gasteiger partial charge on any atom is -0.455 e. The van der Waals surface area contributed by atoms with Crippen molar-refractivity contribution >= 4 is 5.91 Å². The average molecular weight is 331 g/mol. The molecule has 0 aliphatic carbocycles. The summed E-state index contributed by atoms with van der Waals surface area (Å²) in [7, 11) is 1.76. The summed E-state index contributed by atoms with van der Waals surface area (Å²) in [5, 5.41) is 8.04. The van der Waals surface area contributed by atoms with Gasteiger partial charge in [0.05, 0.1) is 13.1 Å². The van der Waals surface area contributed by atoms with Crippen LogP contribution in [0.4, 0.5) is 0 Å². The Morgan fingerprint density at radius 3 is 2.88 bits per heavy atom. The van der Waals surface area contributed by atoms with E-state index in [-0.39, 0.29) is 5.91 Å². The SMILES string of the molecule is CCCn1cnnc1CN(C)C(=O)c1ccc(CN2CCCC2)o1. The highest BCUT2D eigenvalue weighted by Gasteiger charge is 2.20. The van der Waals surface area contributed by atoms with Gasteiger partial charge in [0.1, 0.15) is 12.1 Å². The highest BCUT2D eigenvalue weighted by Crippen LogP contribution is 2.16. The molecule has 7 heteroatoms. The highest BCUT2D eigenvalue weighted by molar-refractivity contribution is 5.91. The lowest BCUT2D eigenvalue weighted by atomic mass is 10.3. The molecule has 7 nitrogen and oxygen atoms in total. The molecule has 1 fully saturated rings. The molecule has 1 aliphatic rings. The van der Waals surface area contributed by atoms with Gasteiger partial charge in [-0.3, -0.25) is 9.69 Å². The van der Waals surface area contributed by atoms with Crippen molar-refractivity contribution in [2.45, 2.75) is 45.8 Å². The van der Waals surface area contributed by atoms with Crippen molar-refractivity contribution in [3.05, 3.63) is 35.8 Å². The molecule has 3 rings (SSSR count). The van der Waals surface area contributed by atoms with Crippen LogP contribution in [0.5, 0.6) is 0 Å². The second kappa shape index (κ2) is 7.61. The van der Waals surface area contributed by atoms with Crippen LogP contribution in [0, 0.1) is 0 Å². The molecule has 2 aromatic heterocycles. The van der Waals surface area contributed by atoms with Crippen molar-refractivity contribution in [2.75, 3.05) is 20.1 Å². The summed E-state index contributed by atoms with van der Waals surface area (Å²) in [5.74, 6) is 1.89. The number of aromatic nitrogens is 3. The Labute approximate surface area is 142 Å². The summed E-state index contributed by atoms with van der Waals surface area (Å²) in [4.78, 5) is 16.5. The first-order chi connectivity index (χ1) is 11.7. The largest absolute Gasteiger partial charge is 0.455 e. The Hall–Kier alpha value is -2.15. The third kappa shape index (κ3) is 3.84. The van der Waals surface area contributed by atoms with Crippen LogP contribution in [0.3, 0.4) is 0 Å². The average Bonchev–Trinajstić information content (AvgIpc) is 3.31. The summed E-state index contributed by atoms with van der Waals surface area (Å²) in [6, 6.07) is 3.67. The smallest absolute Gasteiger partial charge is 0.289 e. The quantitative estimate of drug-likeness (QED) is 0.778. The molecule has 0 aromatic carbocycles. The molecule has 0 atom stereocenters. The summed E-state index contributed by atoms with van der Waals surface area (Å²) in [5.41, 5.74) is 0. The van der Waals surface area contributed by atoms with Crippen LogP contribution in [0.1, 0.15) is 48.3 Å². The van der Waals surface area contributed by atoms with Gasteiger partial charge < -0.3 is 13.9 Å². The van der Waals surface area contributed by atoms with Gasteiger partial charge in [0.25, 0.3) is 5.91 Å². The second-order valence-electron chi connectivity index (χ2n) is 6.35. The molecule has 0 N–H and O–H groups in total. The number of likely N-dealkylation sites (tertiary alicyclic amines) is 1. The first-order valence-corrected chi connectivity index (χ1v) is 8.60. The Kier molecular flexibility index (Phi) is 5.30. The molecule has 0 saturated carbocycles. The third-order valence-corrected chi connectivity index (χ3v) is 4.34. The monoisotopic (exact) mass is 331 g/mol. The number of rotatable bonds is 7. The van der Waals surface area contributed by atoms with E-state index in [9.17, 15) is 4.79 Å². The molecule has 24 heavy (non-hydrogen) atoms. The van der Waals surface area contributed by atoms with Crippen molar-refractivity contribution < 1.29 is 9.21 Å². The fourth-order valence-corrected chi connectivity index (χ4v) is 3.04. The number of hydrogen-bond acceptors (Lipinski definition) is 5. The maximum atomic E-state index is 12.6. The standard InChI is InChI=1S/C17H25N5O2/c1-3-8-22-13-18-19-16(22)12-20(2)17(23)15-7-6-14(24-15)11-21-9-4-5-10-21/h6-7,13H,3-5,8-12H2,1-2H3. The van der Waals surface area contributed by atoms with E-state index in [0.29, 0.717) is 12.3 Å². The highest BCUT2D eigenvalue weighted by atomic mass is 16.4. The Morgan fingerprint density at radius 1 is 1.33 bits per heavy atom. The van der Waals surface area contributed by atoms with E-state index in [1.54, 1.807) is 24.3 Å². The Morgan fingerprint density at radius 2 is 2.12 bits per heavy atom. The first-order valence-electron chi connectivity index (χ1n) is 8.60.